The Balaban J connectivity index is 1.72. The van der Waals surface area contributed by atoms with E-state index in [1.165, 1.54) is 32.1 Å². The van der Waals surface area contributed by atoms with Crippen LogP contribution in [0, 0.1) is 0 Å². The number of hydrogen-bond acceptors (Lipinski definition) is 4. The van der Waals surface area contributed by atoms with E-state index < -0.39 is 0 Å². The summed E-state index contributed by atoms with van der Waals surface area (Å²) in [6, 6.07) is 0. The summed E-state index contributed by atoms with van der Waals surface area (Å²) in [5, 5.41) is 3.35. The Morgan fingerprint density at radius 1 is 1.26 bits per heavy atom. The van der Waals surface area contributed by atoms with Crippen molar-refractivity contribution in [3.8, 4) is 0 Å². The Morgan fingerprint density at radius 3 is 2.63 bits per heavy atom. The maximum Gasteiger partial charge on any atom is 0.180 e. The molecule has 19 heavy (non-hydrogen) atoms. The molecule has 1 aliphatic heterocycles. The van der Waals surface area contributed by atoms with E-state index >= 15 is 0 Å². The van der Waals surface area contributed by atoms with E-state index in [0.29, 0.717) is 18.7 Å². The quantitative estimate of drug-likeness (QED) is 0.522. The fourth-order valence-electron chi connectivity index (χ4n) is 2.71. The first-order chi connectivity index (χ1) is 9.19. The minimum atomic E-state index is -0.236. The summed E-state index contributed by atoms with van der Waals surface area (Å²) in [6.45, 7) is 3.83. The van der Waals surface area contributed by atoms with E-state index in [4.69, 9.17) is 10.5 Å². The Morgan fingerprint density at radius 2 is 1.95 bits per heavy atom. The van der Waals surface area contributed by atoms with E-state index in [0.717, 1.165) is 25.1 Å². The lowest BCUT2D eigenvalue weighted by Crippen LogP contribution is -2.37. The van der Waals surface area contributed by atoms with Crippen molar-refractivity contribution in [1.82, 2.24) is 5.32 Å². The molecule has 1 fully saturated rings. The van der Waals surface area contributed by atoms with Crippen LogP contribution in [0.25, 0.3) is 0 Å². The molecule has 1 atom stereocenters. The van der Waals surface area contributed by atoms with Gasteiger partial charge in [-0.25, -0.2) is 0 Å². The number of allylic oxidation sites excluding steroid dienone is 1. The number of rotatable bonds is 8. The van der Waals surface area contributed by atoms with Crippen molar-refractivity contribution in [2.45, 2.75) is 63.9 Å². The summed E-state index contributed by atoms with van der Waals surface area (Å²) in [5.41, 5.74) is 6.93. The van der Waals surface area contributed by atoms with Gasteiger partial charge in [-0.05, 0) is 12.8 Å². The first-order valence-corrected chi connectivity index (χ1v) is 7.61. The van der Waals surface area contributed by atoms with Crippen LogP contribution >= 0.6 is 0 Å². The van der Waals surface area contributed by atoms with Crippen molar-refractivity contribution in [3.63, 3.8) is 0 Å². The highest BCUT2D eigenvalue weighted by molar-refractivity contribution is 5.96. The molecule has 1 saturated heterocycles. The molecule has 4 heteroatoms. The van der Waals surface area contributed by atoms with Crippen LogP contribution in [0.2, 0.25) is 0 Å². The fourth-order valence-corrected chi connectivity index (χ4v) is 2.71. The average Bonchev–Trinajstić information content (AvgIpc) is 3.18. The zero-order chi connectivity index (χ0) is 13.7. The van der Waals surface area contributed by atoms with Crippen LogP contribution in [0.4, 0.5) is 0 Å². The summed E-state index contributed by atoms with van der Waals surface area (Å²) in [4.78, 5) is 11.6. The maximum atomic E-state index is 11.6. The Kier molecular flexibility index (Phi) is 4.86. The van der Waals surface area contributed by atoms with Crippen LogP contribution in [0.15, 0.2) is 11.4 Å². The third-order valence-corrected chi connectivity index (χ3v) is 4.11. The summed E-state index contributed by atoms with van der Waals surface area (Å²) in [6.07, 6.45) is 8.91. The van der Waals surface area contributed by atoms with Crippen LogP contribution in [-0.2, 0) is 9.53 Å². The highest BCUT2D eigenvalue weighted by atomic mass is 16.6. The normalized spacial score (nSPS) is 26.1. The first kappa shape index (κ1) is 14.4. The predicted molar refractivity (Wildman–Crippen MR) is 75.5 cm³/mol. The van der Waals surface area contributed by atoms with Crippen LogP contribution in [0.3, 0.4) is 0 Å². The second kappa shape index (κ2) is 6.42. The molecule has 0 aromatic carbocycles. The third kappa shape index (κ3) is 3.50. The van der Waals surface area contributed by atoms with Crippen molar-refractivity contribution in [2.24, 2.45) is 5.73 Å². The molecular formula is C15H26N2O2. The van der Waals surface area contributed by atoms with E-state index in [9.17, 15) is 4.79 Å². The third-order valence-electron chi connectivity index (χ3n) is 4.11. The maximum absolute atomic E-state index is 11.6. The number of ketones is 1. The van der Waals surface area contributed by atoms with Gasteiger partial charge in [0.2, 0.25) is 0 Å². The predicted octanol–water partition coefficient (Wildman–Crippen LogP) is 2.24. The van der Waals surface area contributed by atoms with Crippen LogP contribution in [0.1, 0.15) is 58.3 Å². The highest BCUT2D eigenvalue weighted by Gasteiger charge is 2.52. The second-order valence-corrected chi connectivity index (χ2v) is 5.69. The molecule has 2 rings (SSSR count). The zero-order valence-corrected chi connectivity index (χ0v) is 12.0. The lowest BCUT2D eigenvalue weighted by molar-refractivity contribution is -0.116. The SMILES string of the molecule is CCCCCCCCNC1=C(N)C(=O)CCC12CO2. The largest absolute Gasteiger partial charge is 0.394 e. The standard InChI is InChI=1S/C15H26N2O2/c1-2-3-4-5-6-7-10-17-14-13(16)12(18)8-9-15(14)11-19-15/h17H,2-11,16H2,1H3. The van der Waals surface area contributed by atoms with Gasteiger partial charge in [0.1, 0.15) is 5.60 Å². The number of Topliss-reactive ketones (excluding diaryl/α,β-unsaturated/α-hetero) is 1. The number of unbranched alkanes of at least 4 members (excludes halogenated alkanes) is 5. The average molecular weight is 266 g/mol. The minimum absolute atomic E-state index is 0.0616. The molecule has 1 heterocycles. The smallest absolute Gasteiger partial charge is 0.180 e. The molecule has 1 unspecified atom stereocenters. The summed E-state index contributed by atoms with van der Waals surface area (Å²) in [7, 11) is 0. The molecule has 0 aromatic heterocycles. The van der Waals surface area contributed by atoms with E-state index in [2.05, 4.69) is 12.2 Å². The molecule has 4 nitrogen and oxygen atoms in total. The van der Waals surface area contributed by atoms with Gasteiger partial charge in [0.05, 0.1) is 18.0 Å². The number of hydrogen-bond donors (Lipinski definition) is 2. The van der Waals surface area contributed by atoms with Gasteiger partial charge in [-0.3, -0.25) is 4.79 Å². The van der Waals surface area contributed by atoms with E-state index in [1.54, 1.807) is 0 Å². The van der Waals surface area contributed by atoms with Gasteiger partial charge < -0.3 is 15.8 Å². The molecule has 1 spiro atoms. The van der Waals surface area contributed by atoms with Gasteiger partial charge in [-0.2, -0.15) is 0 Å². The highest BCUT2D eigenvalue weighted by Crippen LogP contribution is 2.42. The monoisotopic (exact) mass is 266 g/mol. The lowest BCUT2D eigenvalue weighted by Gasteiger charge is -2.24. The van der Waals surface area contributed by atoms with Crippen molar-refractivity contribution in [3.05, 3.63) is 11.4 Å². The molecule has 1 aliphatic carbocycles. The van der Waals surface area contributed by atoms with Gasteiger partial charge >= 0.3 is 0 Å². The number of epoxide rings is 1. The molecule has 2 aliphatic rings. The van der Waals surface area contributed by atoms with Crippen LogP contribution in [-0.4, -0.2) is 24.5 Å². The van der Waals surface area contributed by atoms with Gasteiger partial charge in [0, 0.05) is 13.0 Å². The number of carbonyl (C=O) groups is 1. The van der Waals surface area contributed by atoms with Crippen LogP contribution in [0.5, 0.6) is 0 Å². The van der Waals surface area contributed by atoms with Crippen molar-refractivity contribution >= 4 is 5.78 Å². The Hall–Kier alpha value is -1.03. The number of nitrogens with two attached hydrogens (primary N) is 1. The Bertz CT molecular complexity index is 359. The first-order valence-electron chi connectivity index (χ1n) is 7.61. The number of carbonyl (C=O) groups excluding carboxylic acids is 1. The van der Waals surface area contributed by atoms with Gasteiger partial charge in [0.25, 0.3) is 0 Å². The molecule has 0 saturated carbocycles. The molecule has 0 radical (unpaired) electrons. The molecular weight excluding hydrogens is 240 g/mol. The van der Waals surface area contributed by atoms with Gasteiger partial charge in [0.15, 0.2) is 5.78 Å². The lowest BCUT2D eigenvalue weighted by atomic mass is 9.89. The van der Waals surface area contributed by atoms with Crippen molar-refractivity contribution in [2.75, 3.05) is 13.2 Å². The zero-order valence-electron chi connectivity index (χ0n) is 12.0. The van der Waals surface area contributed by atoms with Crippen molar-refractivity contribution < 1.29 is 9.53 Å². The summed E-state index contributed by atoms with van der Waals surface area (Å²) < 4.78 is 5.53. The fraction of sp³-hybridized carbons (Fsp3) is 0.800. The van der Waals surface area contributed by atoms with Gasteiger partial charge in [-0.1, -0.05) is 39.0 Å². The van der Waals surface area contributed by atoms with Gasteiger partial charge in [-0.15, -0.1) is 0 Å². The summed E-state index contributed by atoms with van der Waals surface area (Å²) in [5.74, 6) is 0.0616. The van der Waals surface area contributed by atoms with E-state index in [1.807, 2.05) is 0 Å². The molecule has 0 aromatic rings. The molecule has 0 bridgehead atoms. The molecule has 3 N–H and O–H groups in total. The minimum Gasteiger partial charge on any atom is -0.394 e. The van der Waals surface area contributed by atoms with Crippen molar-refractivity contribution in [1.29, 1.82) is 0 Å². The van der Waals surface area contributed by atoms with E-state index in [-0.39, 0.29) is 11.4 Å². The Labute approximate surface area is 115 Å². The molecule has 0 amide bonds. The molecule has 108 valence electrons. The topological polar surface area (TPSA) is 67.6 Å². The van der Waals surface area contributed by atoms with Crippen LogP contribution < -0.4 is 11.1 Å². The number of ether oxygens (including phenoxy) is 1. The number of nitrogens with one attached hydrogen (secondary N) is 1. The summed E-state index contributed by atoms with van der Waals surface area (Å²) >= 11 is 0. The second-order valence-electron chi connectivity index (χ2n) is 5.69.